The van der Waals surface area contributed by atoms with Crippen molar-refractivity contribution in [2.45, 2.75) is 31.9 Å². The molecule has 0 heterocycles. The number of rotatable bonds is 3. The van der Waals surface area contributed by atoms with E-state index in [2.05, 4.69) is 20.8 Å². The molecule has 0 amide bonds. The SMILES string of the molecule is CC(C)(C)SCCCF. The number of hydrogen-bond acceptors (Lipinski definition) is 1. The van der Waals surface area contributed by atoms with Gasteiger partial charge in [0.25, 0.3) is 0 Å². The zero-order valence-electron chi connectivity index (χ0n) is 6.41. The van der Waals surface area contributed by atoms with Crippen LogP contribution in [0.4, 0.5) is 4.39 Å². The molecule has 0 N–H and O–H groups in total. The van der Waals surface area contributed by atoms with Gasteiger partial charge in [0.15, 0.2) is 0 Å². The molecular formula is C7H15FS. The number of hydrogen-bond donors (Lipinski definition) is 0. The molecule has 0 aliphatic rings. The van der Waals surface area contributed by atoms with Crippen molar-refractivity contribution < 1.29 is 4.39 Å². The van der Waals surface area contributed by atoms with Crippen molar-refractivity contribution >= 4 is 11.8 Å². The lowest BCUT2D eigenvalue weighted by atomic mass is 10.3. The quantitative estimate of drug-likeness (QED) is 0.557. The molecule has 0 saturated heterocycles. The van der Waals surface area contributed by atoms with Crippen molar-refractivity contribution in [3.8, 4) is 0 Å². The monoisotopic (exact) mass is 150 g/mol. The Kier molecular flexibility index (Phi) is 4.28. The summed E-state index contributed by atoms with van der Waals surface area (Å²) in [5.41, 5.74) is 0. The minimum Gasteiger partial charge on any atom is -0.251 e. The van der Waals surface area contributed by atoms with Crippen molar-refractivity contribution in [1.82, 2.24) is 0 Å². The number of halogens is 1. The van der Waals surface area contributed by atoms with Crippen LogP contribution in [0, 0.1) is 0 Å². The molecule has 0 saturated carbocycles. The Morgan fingerprint density at radius 3 is 2.22 bits per heavy atom. The van der Waals surface area contributed by atoms with E-state index in [1.54, 1.807) is 0 Å². The molecule has 0 unspecified atom stereocenters. The first-order chi connectivity index (χ1) is 4.06. The molecule has 0 aromatic rings. The Morgan fingerprint density at radius 2 is 1.89 bits per heavy atom. The summed E-state index contributed by atoms with van der Waals surface area (Å²) in [6.45, 7) is 6.27. The summed E-state index contributed by atoms with van der Waals surface area (Å²) in [4.78, 5) is 0. The summed E-state index contributed by atoms with van der Waals surface area (Å²) in [6.07, 6.45) is 0.696. The minimum atomic E-state index is -0.178. The van der Waals surface area contributed by atoms with Gasteiger partial charge in [-0.1, -0.05) is 20.8 Å². The van der Waals surface area contributed by atoms with Crippen LogP contribution in [0.15, 0.2) is 0 Å². The fourth-order valence-corrected chi connectivity index (χ4v) is 1.30. The first kappa shape index (κ1) is 9.28. The van der Waals surface area contributed by atoms with Crippen LogP contribution in [0.1, 0.15) is 27.2 Å². The van der Waals surface area contributed by atoms with Crippen LogP contribution in [0.25, 0.3) is 0 Å². The predicted octanol–water partition coefficient (Wildman–Crippen LogP) is 2.88. The van der Waals surface area contributed by atoms with Crippen molar-refractivity contribution in [3.63, 3.8) is 0 Å². The molecule has 56 valence electrons. The van der Waals surface area contributed by atoms with Gasteiger partial charge in [-0.15, -0.1) is 0 Å². The molecule has 0 aromatic carbocycles. The van der Waals surface area contributed by atoms with E-state index in [1.807, 2.05) is 11.8 Å². The zero-order chi connectivity index (χ0) is 7.33. The predicted molar refractivity (Wildman–Crippen MR) is 42.8 cm³/mol. The van der Waals surface area contributed by atoms with Crippen LogP contribution in [0.5, 0.6) is 0 Å². The van der Waals surface area contributed by atoms with Gasteiger partial charge < -0.3 is 0 Å². The van der Waals surface area contributed by atoms with Crippen molar-refractivity contribution in [2.24, 2.45) is 0 Å². The Morgan fingerprint density at radius 1 is 1.33 bits per heavy atom. The normalized spacial score (nSPS) is 12.0. The highest BCUT2D eigenvalue weighted by Gasteiger charge is 2.08. The van der Waals surface area contributed by atoms with Crippen molar-refractivity contribution in [2.75, 3.05) is 12.4 Å². The minimum absolute atomic E-state index is 0.178. The van der Waals surface area contributed by atoms with Crippen LogP contribution in [0.2, 0.25) is 0 Å². The second kappa shape index (κ2) is 4.15. The van der Waals surface area contributed by atoms with Crippen LogP contribution in [-0.4, -0.2) is 17.2 Å². The fraction of sp³-hybridized carbons (Fsp3) is 1.00. The lowest BCUT2D eigenvalue weighted by Gasteiger charge is -2.16. The maximum atomic E-state index is 11.6. The van der Waals surface area contributed by atoms with Gasteiger partial charge in [-0.25, -0.2) is 0 Å². The Balaban J connectivity index is 3.07. The van der Waals surface area contributed by atoms with Gasteiger partial charge in [-0.3, -0.25) is 4.39 Å². The lowest BCUT2D eigenvalue weighted by Crippen LogP contribution is -2.08. The summed E-state index contributed by atoms with van der Waals surface area (Å²) in [5.74, 6) is 0.944. The second-order valence-corrected chi connectivity index (χ2v) is 4.93. The van der Waals surface area contributed by atoms with E-state index in [-0.39, 0.29) is 6.67 Å². The molecular weight excluding hydrogens is 135 g/mol. The molecule has 0 aliphatic carbocycles. The standard InChI is InChI=1S/C7H15FS/c1-7(2,3)9-6-4-5-8/h4-6H2,1-3H3. The molecule has 0 radical (unpaired) electrons. The highest BCUT2D eigenvalue weighted by molar-refractivity contribution is 8.00. The Labute approximate surface area is 61.2 Å². The largest absolute Gasteiger partial charge is 0.251 e. The van der Waals surface area contributed by atoms with Gasteiger partial charge >= 0.3 is 0 Å². The van der Waals surface area contributed by atoms with Crippen LogP contribution in [-0.2, 0) is 0 Å². The van der Waals surface area contributed by atoms with Gasteiger partial charge in [0.1, 0.15) is 0 Å². The Hall–Kier alpha value is 0.280. The summed E-state index contributed by atoms with van der Waals surface area (Å²) >= 11 is 1.82. The summed E-state index contributed by atoms with van der Waals surface area (Å²) < 4.78 is 11.9. The molecule has 0 spiro atoms. The third-order valence-corrected chi connectivity index (χ3v) is 2.17. The average Bonchev–Trinajstić information content (AvgIpc) is 1.63. The smallest absolute Gasteiger partial charge is 0.0902 e. The molecule has 0 aromatic heterocycles. The van der Waals surface area contributed by atoms with Crippen LogP contribution < -0.4 is 0 Å². The fourth-order valence-electron chi connectivity index (χ4n) is 0.433. The molecule has 0 bridgehead atoms. The van der Waals surface area contributed by atoms with Gasteiger partial charge in [0.2, 0.25) is 0 Å². The summed E-state index contributed by atoms with van der Waals surface area (Å²) in [7, 11) is 0. The highest BCUT2D eigenvalue weighted by atomic mass is 32.2. The molecule has 9 heavy (non-hydrogen) atoms. The lowest BCUT2D eigenvalue weighted by molar-refractivity contribution is 0.489. The first-order valence-electron chi connectivity index (χ1n) is 3.26. The molecule has 0 nitrogen and oxygen atoms in total. The van der Waals surface area contributed by atoms with Crippen molar-refractivity contribution in [1.29, 1.82) is 0 Å². The highest BCUT2D eigenvalue weighted by Crippen LogP contribution is 2.23. The van der Waals surface area contributed by atoms with E-state index >= 15 is 0 Å². The Bertz CT molecular complexity index is 65.8. The zero-order valence-corrected chi connectivity index (χ0v) is 7.22. The van der Waals surface area contributed by atoms with E-state index in [4.69, 9.17) is 0 Å². The maximum Gasteiger partial charge on any atom is 0.0902 e. The van der Waals surface area contributed by atoms with Crippen molar-refractivity contribution in [3.05, 3.63) is 0 Å². The molecule has 2 heteroatoms. The van der Waals surface area contributed by atoms with E-state index in [0.717, 1.165) is 5.75 Å². The van der Waals surface area contributed by atoms with E-state index < -0.39 is 0 Å². The average molecular weight is 150 g/mol. The van der Waals surface area contributed by atoms with E-state index in [1.165, 1.54) is 0 Å². The number of alkyl halides is 1. The third-order valence-electron chi connectivity index (χ3n) is 0.813. The van der Waals surface area contributed by atoms with Gasteiger partial charge in [0.05, 0.1) is 6.67 Å². The van der Waals surface area contributed by atoms with Crippen LogP contribution >= 0.6 is 11.8 Å². The molecule has 0 fully saturated rings. The third kappa shape index (κ3) is 8.28. The molecule has 0 rings (SSSR count). The van der Waals surface area contributed by atoms with Gasteiger partial charge in [-0.2, -0.15) is 11.8 Å². The van der Waals surface area contributed by atoms with Gasteiger partial charge in [0, 0.05) is 4.75 Å². The maximum absolute atomic E-state index is 11.6. The summed E-state index contributed by atoms with van der Waals surface area (Å²) in [5, 5.41) is 0. The number of thioether (sulfide) groups is 1. The second-order valence-electron chi connectivity index (χ2n) is 3.00. The topological polar surface area (TPSA) is 0 Å². The molecule has 0 aliphatic heterocycles. The van der Waals surface area contributed by atoms with E-state index in [0.29, 0.717) is 11.2 Å². The molecule has 0 atom stereocenters. The van der Waals surface area contributed by atoms with Gasteiger partial charge in [-0.05, 0) is 12.2 Å². The van der Waals surface area contributed by atoms with E-state index in [9.17, 15) is 4.39 Å². The summed E-state index contributed by atoms with van der Waals surface area (Å²) in [6, 6.07) is 0. The van der Waals surface area contributed by atoms with Crippen LogP contribution in [0.3, 0.4) is 0 Å². The first-order valence-corrected chi connectivity index (χ1v) is 4.25.